The highest BCUT2D eigenvalue weighted by atomic mass is 32.1. The van der Waals surface area contributed by atoms with Gasteiger partial charge in [0.15, 0.2) is 5.78 Å². The van der Waals surface area contributed by atoms with Gasteiger partial charge in [-0.2, -0.15) is 0 Å². The van der Waals surface area contributed by atoms with Crippen LogP contribution in [0, 0.1) is 6.92 Å². The normalized spacial score (nSPS) is 12.3. The van der Waals surface area contributed by atoms with E-state index in [4.69, 9.17) is 0 Å². The Balaban J connectivity index is 1.67. The van der Waals surface area contributed by atoms with E-state index in [9.17, 15) is 32.7 Å². The summed E-state index contributed by atoms with van der Waals surface area (Å²) >= 11 is 1.37. The molecule has 0 radical (unpaired) electrons. The van der Waals surface area contributed by atoms with Crippen LogP contribution in [0.25, 0.3) is 0 Å². The zero-order chi connectivity index (χ0) is 23.0. The SMILES string of the molecule is Cc1ccc(C(=O)CCC(=O)CCC(=O)NCC(O)c2ccc(OC(F)(F)F)cc2)s1. The maximum atomic E-state index is 12.1. The molecular weight excluding hydrogens is 435 g/mol. The van der Waals surface area contributed by atoms with Crippen LogP contribution >= 0.6 is 11.3 Å². The molecule has 0 aliphatic rings. The molecule has 0 spiro atoms. The minimum Gasteiger partial charge on any atom is -0.406 e. The highest BCUT2D eigenvalue weighted by Gasteiger charge is 2.31. The van der Waals surface area contributed by atoms with Crippen LogP contribution in [0.3, 0.4) is 0 Å². The molecule has 1 atom stereocenters. The molecule has 1 aromatic carbocycles. The second kappa shape index (κ2) is 11.1. The van der Waals surface area contributed by atoms with Crippen molar-refractivity contribution < 1.29 is 37.4 Å². The van der Waals surface area contributed by atoms with Crippen molar-refractivity contribution in [2.24, 2.45) is 0 Å². The third-order valence-electron chi connectivity index (χ3n) is 4.27. The minimum atomic E-state index is -4.80. The van der Waals surface area contributed by atoms with E-state index in [1.165, 1.54) is 23.5 Å². The van der Waals surface area contributed by atoms with Crippen LogP contribution < -0.4 is 10.1 Å². The van der Waals surface area contributed by atoms with Gasteiger partial charge >= 0.3 is 6.36 Å². The fraction of sp³-hybridized carbons (Fsp3) is 0.381. The monoisotopic (exact) mass is 457 g/mol. The molecular formula is C21H22F3NO5S. The predicted molar refractivity (Wildman–Crippen MR) is 108 cm³/mol. The van der Waals surface area contributed by atoms with Gasteiger partial charge in [-0.05, 0) is 36.8 Å². The molecule has 0 aliphatic heterocycles. The average Bonchev–Trinajstić information content (AvgIpc) is 3.14. The second-order valence-electron chi connectivity index (χ2n) is 6.81. The van der Waals surface area contributed by atoms with Crippen LogP contribution in [0.2, 0.25) is 0 Å². The number of Topliss-reactive ketones (excluding diaryl/α,β-unsaturated/α-hetero) is 2. The Kier molecular flexibility index (Phi) is 8.76. The summed E-state index contributed by atoms with van der Waals surface area (Å²) in [5, 5.41) is 12.5. The van der Waals surface area contributed by atoms with Crippen molar-refractivity contribution in [3.63, 3.8) is 0 Å². The third-order valence-corrected chi connectivity index (χ3v) is 5.31. The predicted octanol–water partition coefficient (Wildman–Crippen LogP) is 4.12. The molecule has 0 saturated heterocycles. The molecule has 2 aromatic rings. The highest BCUT2D eigenvalue weighted by Crippen LogP contribution is 2.24. The van der Waals surface area contributed by atoms with Gasteiger partial charge in [-0.25, -0.2) is 0 Å². The fourth-order valence-electron chi connectivity index (χ4n) is 2.65. The number of nitrogens with one attached hydrogen (secondary N) is 1. The van der Waals surface area contributed by atoms with Gasteiger partial charge in [-0.1, -0.05) is 12.1 Å². The van der Waals surface area contributed by atoms with E-state index in [0.29, 0.717) is 10.4 Å². The maximum absolute atomic E-state index is 12.1. The van der Waals surface area contributed by atoms with E-state index < -0.39 is 24.1 Å². The molecule has 0 fully saturated rings. The summed E-state index contributed by atoms with van der Waals surface area (Å²) < 4.78 is 40.2. The summed E-state index contributed by atoms with van der Waals surface area (Å²) in [6.45, 7) is 1.72. The number of aryl methyl sites for hydroxylation is 1. The van der Waals surface area contributed by atoms with Crippen LogP contribution in [0.4, 0.5) is 13.2 Å². The molecule has 1 aromatic heterocycles. The standard InChI is InChI=1S/C21H22F3NO5S/c1-13-2-10-19(31-13)17(27)9-5-15(26)6-11-20(29)25-12-18(28)14-3-7-16(8-4-14)30-21(22,23)24/h2-4,7-8,10,18,28H,5-6,9,11-12H2,1H3,(H,25,29). The lowest BCUT2D eigenvalue weighted by Gasteiger charge is -2.14. The Morgan fingerprint density at radius 1 is 1.03 bits per heavy atom. The molecule has 1 unspecified atom stereocenters. The molecule has 1 heterocycles. The molecule has 0 aliphatic carbocycles. The number of carbonyl (C=O) groups excluding carboxylic acids is 3. The Labute approximate surface area is 181 Å². The summed E-state index contributed by atoms with van der Waals surface area (Å²) in [6, 6.07) is 8.20. The van der Waals surface area contributed by atoms with Gasteiger partial charge in [0.25, 0.3) is 0 Å². The van der Waals surface area contributed by atoms with Crippen molar-refractivity contribution in [3.05, 3.63) is 51.7 Å². The van der Waals surface area contributed by atoms with E-state index in [0.717, 1.165) is 17.0 Å². The largest absolute Gasteiger partial charge is 0.573 e. The van der Waals surface area contributed by atoms with Crippen molar-refractivity contribution in [2.75, 3.05) is 6.54 Å². The fourth-order valence-corrected chi connectivity index (χ4v) is 3.48. The zero-order valence-corrected chi connectivity index (χ0v) is 17.5. The van der Waals surface area contributed by atoms with E-state index >= 15 is 0 Å². The first-order valence-corrected chi connectivity index (χ1v) is 10.3. The molecule has 31 heavy (non-hydrogen) atoms. The van der Waals surface area contributed by atoms with Crippen LogP contribution in [-0.2, 0) is 9.59 Å². The number of hydrogen-bond acceptors (Lipinski definition) is 6. The van der Waals surface area contributed by atoms with Gasteiger partial charge in [0.05, 0.1) is 11.0 Å². The number of aliphatic hydroxyl groups is 1. The van der Waals surface area contributed by atoms with Gasteiger partial charge < -0.3 is 15.2 Å². The van der Waals surface area contributed by atoms with Gasteiger partial charge in [-0.3, -0.25) is 14.4 Å². The number of hydrogen-bond donors (Lipinski definition) is 2. The summed E-state index contributed by atoms with van der Waals surface area (Å²) in [5.41, 5.74) is 0.299. The quantitative estimate of drug-likeness (QED) is 0.496. The number of benzene rings is 1. The van der Waals surface area contributed by atoms with Crippen molar-refractivity contribution in [1.29, 1.82) is 0 Å². The molecule has 2 N–H and O–H groups in total. The van der Waals surface area contributed by atoms with E-state index in [1.54, 1.807) is 6.07 Å². The van der Waals surface area contributed by atoms with Crippen molar-refractivity contribution in [1.82, 2.24) is 5.32 Å². The van der Waals surface area contributed by atoms with Crippen LogP contribution in [0.1, 0.15) is 51.9 Å². The number of amides is 1. The molecule has 6 nitrogen and oxygen atoms in total. The first kappa shape index (κ1) is 24.5. The lowest BCUT2D eigenvalue weighted by molar-refractivity contribution is -0.274. The number of thiophene rings is 1. The lowest BCUT2D eigenvalue weighted by atomic mass is 10.1. The lowest BCUT2D eigenvalue weighted by Crippen LogP contribution is -2.28. The van der Waals surface area contributed by atoms with E-state index in [2.05, 4.69) is 10.1 Å². The highest BCUT2D eigenvalue weighted by molar-refractivity contribution is 7.14. The van der Waals surface area contributed by atoms with Crippen molar-refractivity contribution in [3.8, 4) is 5.75 Å². The first-order valence-electron chi connectivity index (χ1n) is 9.45. The molecule has 2 rings (SSSR count). The van der Waals surface area contributed by atoms with Crippen molar-refractivity contribution >= 4 is 28.8 Å². The summed E-state index contributed by atoms with van der Waals surface area (Å²) in [7, 11) is 0. The molecule has 10 heteroatoms. The second-order valence-corrected chi connectivity index (χ2v) is 8.10. The van der Waals surface area contributed by atoms with Gasteiger partial charge in [0.2, 0.25) is 5.91 Å². The topological polar surface area (TPSA) is 92.7 Å². The number of aliphatic hydroxyl groups excluding tert-OH is 1. The number of alkyl halides is 3. The van der Waals surface area contributed by atoms with Gasteiger partial charge in [0.1, 0.15) is 11.5 Å². The van der Waals surface area contributed by atoms with Crippen LogP contribution in [-0.4, -0.2) is 35.5 Å². The summed E-state index contributed by atoms with van der Waals surface area (Å²) in [4.78, 5) is 37.4. The summed E-state index contributed by atoms with van der Waals surface area (Å²) in [6.07, 6.45) is -5.91. The zero-order valence-electron chi connectivity index (χ0n) is 16.7. The number of ketones is 2. The number of ether oxygens (including phenoxy) is 1. The van der Waals surface area contributed by atoms with E-state index in [1.807, 2.05) is 13.0 Å². The number of carbonyl (C=O) groups is 3. The molecule has 0 saturated carbocycles. The Bertz CT molecular complexity index is 908. The number of halogens is 3. The molecule has 168 valence electrons. The Morgan fingerprint density at radius 3 is 2.26 bits per heavy atom. The number of rotatable bonds is 11. The molecule has 0 bridgehead atoms. The average molecular weight is 457 g/mol. The van der Waals surface area contributed by atoms with E-state index in [-0.39, 0.29) is 43.8 Å². The van der Waals surface area contributed by atoms with Crippen LogP contribution in [0.5, 0.6) is 5.75 Å². The Morgan fingerprint density at radius 2 is 1.68 bits per heavy atom. The maximum Gasteiger partial charge on any atom is 0.573 e. The summed E-state index contributed by atoms with van der Waals surface area (Å²) in [5.74, 6) is -1.19. The van der Waals surface area contributed by atoms with Gasteiger partial charge in [-0.15, -0.1) is 24.5 Å². The Hall–Kier alpha value is -2.72. The molecule has 1 amide bonds. The smallest absolute Gasteiger partial charge is 0.406 e. The van der Waals surface area contributed by atoms with Crippen LogP contribution in [0.15, 0.2) is 36.4 Å². The van der Waals surface area contributed by atoms with Gasteiger partial charge in [0, 0.05) is 37.1 Å². The van der Waals surface area contributed by atoms with Crippen molar-refractivity contribution in [2.45, 2.75) is 45.1 Å². The minimum absolute atomic E-state index is 0.0256. The first-order chi connectivity index (χ1) is 14.5. The third kappa shape index (κ3) is 8.89.